The van der Waals surface area contributed by atoms with Crippen molar-refractivity contribution in [3.63, 3.8) is 0 Å². The van der Waals surface area contributed by atoms with Crippen LogP contribution in [0.1, 0.15) is 11.1 Å². The van der Waals surface area contributed by atoms with Crippen LogP contribution in [0.2, 0.25) is 0 Å². The number of ether oxygens (including phenoxy) is 1. The van der Waals surface area contributed by atoms with Gasteiger partial charge in [0, 0.05) is 6.54 Å². The van der Waals surface area contributed by atoms with Gasteiger partial charge in [-0.15, -0.1) is 0 Å². The number of nitrogens with one attached hydrogen (secondary N) is 1. The molecule has 0 amide bonds. The third kappa shape index (κ3) is 4.51. The second-order valence-corrected chi connectivity index (χ2v) is 5.86. The fourth-order valence-corrected chi connectivity index (χ4v) is 2.78. The molecule has 0 unspecified atom stereocenters. The molecule has 0 fully saturated rings. The Kier molecular flexibility index (Phi) is 5.52. The van der Waals surface area contributed by atoms with Gasteiger partial charge in [0.2, 0.25) is 0 Å². The highest BCUT2D eigenvalue weighted by Gasteiger charge is 2.00. The Labute approximate surface area is 148 Å². The van der Waals surface area contributed by atoms with Crippen molar-refractivity contribution in [2.45, 2.75) is 13.0 Å². The summed E-state index contributed by atoms with van der Waals surface area (Å²) in [7, 11) is 1.67. The number of aliphatic imine (C=N–C) groups is 1. The fraction of sp³-hybridized carbons (Fsp3) is 0.190. The second kappa shape index (κ2) is 8.20. The minimum absolute atomic E-state index is 0.474. The molecule has 3 rings (SSSR count). The van der Waals surface area contributed by atoms with Crippen LogP contribution < -0.4 is 15.8 Å². The molecule has 0 aliphatic heterocycles. The van der Waals surface area contributed by atoms with Gasteiger partial charge in [-0.05, 0) is 40.5 Å². The Morgan fingerprint density at radius 1 is 1.00 bits per heavy atom. The van der Waals surface area contributed by atoms with E-state index in [1.807, 2.05) is 24.3 Å². The minimum Gasteiger partial charge on any atom is -0.497 e. The normalized spacial score (nSPS) is 11.5. The van der Waals surface area contributed by atoms with E-state index in [9.17, 15) is 0 Å². The Hall–Kier alpha value is -3.01. The molecule has 3 N–H and O–H groups in total. The number of hydrogen-bond acceptors (Lipinski definition) is 2. The van der Waals surface area contributed by atoms with E-state index in [4.69, 9.17) is 10.5 Å². The van der Waals surface area contributed by atoms with E-state index in [0.29, 0.717) is 12.5 Å². The molecule has 0 saturated carbocycles. The number of guanidine groups is 1. The molecule has 0 atom stereocenters. The van der Waals surface area contributed by atoms with Crippen LogP contribution in [0.25, 0.3) is 10.8 Å². The summed E-state index contributed by atoms with van der Waals surface area (Å²) in [5, 5.41) is 5.62. The Morgan fingerprint density at radius 2 is 1.76 bits per heavy atom. The van der Waals surface area contributed by atoms with Crippen molar-refractivity contribution < 1.29 is 4.74 Å². The SMILES string of the molecule is COc1ccc(CCNC(N)=NCc2cccc3ccccc23)cc1. The van der Waals surface area contributed by atoms with Gasteiger partial charge >= 0.3 is 0 Å². The quantitative estimate of drug-likeness (QED) is 0.536. The summed E-state index contributed by atoms with van der Waals surface area (Å²) in [6.45, 7) is 1.32. The van der Waals surface area contributed by atoms with Gasteiger partial charge in [0.25, 0.3) is 0 Å². The van der Waals surface area contributed by atoms with E-state index in [2.05, 4.69) is 52.8 Å². The van der Waals surface area contributed by atoms with Crippen LogP contribution in [0.15, 0.2) is 71.7 Å². The topological polar surface area (TPSA) is 59.6 Å². The second-order valence-electron chi connectivity index (χ2n) is 5.86. The number of hydrogen-bond donors (Lipinski definition) is 2. The maximum Gasteiger partial charge on any atom is 0.188 e. The minimum atomic E-state index is 0.474. The molecule has 0 heterocycles. The van der Waals surface area contributed by atoms with Gasteiger partial charge in [-0.3, -0.25) is 0 Å². The zero-order valence-electron chi connectivity index (χ0n) is 14.4. The van der Waals surface area contributed by atoms with E-state index in [1.165, 1.54) is 21.9 Å². The molecule has 128 valence electrons. The highest BCUT2D eigenvalue weighted by molar-refractivity contribution is 5.86. The predicted octanol–water partition coefficient (Wildman–Crippen LogP) is 3.50. The van der Waals surface area contributed by atoms with Gasteiger partial charge < -0.3 is 15.8 Å². The summed E-state index contributed by atoms with van der Waals surface area (Å²) >= 11 is 0. The number of methoxy groups -OCH3 is 1. The summed E-state index contributed by atoms with van der Waals surface area (Å²) < 4.78 is 5.16. The average Bonchev–Trinajstić information content (AvgIpc) is 2.67. The zero-order valence-corrected chi connectivity index (χ0v) is 14.4. The van der Waals surface area contributed by atoms with Crippen LogP contribution in [0.4, 0.5) is 0 Å². The van der Waals surface area contributed by atoms with E-state index < -0.39 is 0 Å². The molecule has 0 bridgehead atoms. The van der Waals surface area contributed by atoms with Crippen LogP contribution >= 0.6 is 0 Å². The molecule has 3 aromatic rings. The molecule has 0 aromatic heterocycles. The van der Waals surface area contributed by atoms with E-state index >= 15 is 0 Å². The first-order valence-corrected chi connectivity index (χ1v) is 8.39. The first-order chi connectivity index (χ1) is 12.3. The lowest BCUT2D eigenvalue weighted by atomic mass is 10.1. The summed E-state index contributed by atoms with van der Waals surface area (Å²) in [5.74, 6) is 1.34. The molecule has 0 aliphatic rings. The van der Waals surface area contributed by atoms with Crippen LogP contribution in [0.5, 0.6) is 5.75 Å². The third-order valence-electron chi connectivity index (χ3n) is 4.18. The molecule has 3 aromatic carbocycles. The van der Waals surface area contributed by atoms with Crippen molar-refractivity contribution in [2.24, 2.45) is 10.7 Å². The molecule has 0 spiro atoms. The average molecular weight is 333 g/mol. The molecule has 4 heteroatoms. The Morgan fingerprint density at radius 3 is 2.56 bits per heavy atom. The third-order valence-corrected chi connectivity index (χ3v) is 4.18. The Bertz CT molecular complexity index is 851. The van der Waals surface area contributed by atoms with Crippen LogP contribution in [-0.4, -0.2) is 19.6 Å². The molecule has 0 saturated heterocycles. The standard InChI is InChI=1S/C21H23N3O/c1-25-19-11-9-16(10-12-19)13-14-23-21(22)24-15-18-7-4-6-17-5-2-3-8-20(17)18/h2-12H,13-15H2,1H3,(H3,22,23,24). The molecular weight excluding hydrogens is 310 g/mol. The van der Waals surface area contributed by atoms with E-state index in [1.54, 1.807) is 7.11 Å². The molecule has 4 nitrogen and oxygen atoms in total. The van der Waals surface area contributed by atoms with Crippen molar-refractivity contribution in [3.8, 4) is 5.75 Å². The fourth-order valence-electron chi connectivity index (χ4n) is 2.78. The van der Waals surface area contributed by atoms with Crippen LogP contribution in [-0.2, 0) is 13.0 Å². The van der Waals surface area contributed by atoms with Crippen molar-refractivity contribution in [1.82, 2.24) is 5.32 Å². The van der Waals surface area contributed by atoms with E-state index in [0.717, 1.165) is 18.7 Å². The first-order valence-electron chi connectivity index (χ1n) is 8.39. The monoisotopic (exact) mass is 333 g/mol. The lowest BCUT2D eigenvalue weighted by molar-refractivity contribution is 0.414. The van der Waals surface area contributed by atoms with Crippen LogP contribution in [0, 0.1) is 0 Å². The number of nitrogens with zero attached hydrogens (tertiary/aromatic N) is 1. The lowest BCUT2D eigenvalue weighted by Gasteiger charge is -2.08. The smallest absolute Gasteiger partial charge is 0.188 e. The summed E-state index contributed by atoms with van der Waals surface area (Å²) in [6, 6.07) is 22.6. The van der Waals surface area contributed by atoms with Crippen molar-refractivity contribution in [3.05, 3.63) is 77.9 Å². The predicted molar refractivity (Wildman–Crippen MR) is 104 cm³/mol. The lowest BCUT2D eigenvalue weighted by Crippen LogP contribution is -2.33. The Balaban J connectivity index is 1.54. The maximum absolute atomic E-state index is 5.99. The van der Waals surface area contributed by atoms with Gasteiger partial charge in [-0.1, -0.05) is 54.6 Å². The highest BCUT2D eigenvalue weighted by Crippen LogP contribution is 2.19. The van der Waals surface area contributed by atoms with E-state index in [-0.39, 0.29) is 0 Å². The number of benzene rings is 3. The zero-order chi connectivity index (χ0) is 17.5. The van der Waals surface area contributed by atoms with Crippen molar-refractivity contribution in [1.29, 1.82) is 0 Å². The van der Waals surface area contributed by atoms with Crippen LogP contribution in [0.3, 0.4) is 0 Å². The highest BCUT2D eigenvalue weighted by atomic mass is 16.5. The summed E-state index contributed by atoms with van der Waals surface area (Å²) in [4.78, 5) is 4.47. The number of rotatable bonds is 6. The van der Waals surface area contributed by atoms with Crippen molar-refractivity contribution >= 4 is 16.7 Å². The molecule has 0 radical (unpaired) electrons. The number of fused-ring (bicyclic) bond motifs is 1. The maximum atomic E-state index is 5.99. The van der Waals surface area contributed by atoms with Gasteiger partial charge in [-0.2, -0.15) is 0 Å². The summed E-state index contributed by atoms with van der Waals surface area (Å²) in [5.41, 5.74) is 8.40. The van der Waals surface area contributed by atoms with Gasteiger partial charge in [-0.25, -0.2) is 4.99 Å². The van der Waals surface area contributed by atoms with Gasteiger partial charge in [0.15, 0.2) is 5.96 Å². The molecular formula is C21H23N3O. The number of nitrogens with two attached hydrogens (primary N) is 1. The molecule has 0 aliphatic carbocycles. The largest absolute Gasteiger partial charge is 0.497 e. The van der Waals surface area contributed by atoms with Gasteiger partial charge in [0.1, 0.15) is 5.75 Å². The summed E-state index contributed by atoms with van der Waals surface area (Å²) in [6.07, 6.45) is 0.883. The first kappa shape index (κ1) is 16.8. The van der Waals surface area contributed by atoms with Gasteiger partial charge in [0.05, 0.1) is 13.7 Å². The van der Waals surface area contributed by atoms with Crippen molar-refractivity contribution in [2.75, 3.05) is 13.7 Å². The molecule has 25 heavy (non-hydrogen) atoms.